The van der Waals surface area contributed by atoms with Gasteiger partial charge in [-0.15, -0.1) is 5.10 Å². The van der Waals surface area contributed by atoms with E-state index in [0.717, 1.165) is 18.4 Å². The molecule has 0 unspecified atom stereocenters. The zero-order valence-corrected chi connectivity index (χ0v) is 14.9. The Morgan fingerprint density at radius 3 is 2.70 bits per heavy atom. The van der Waals surface area contributed by atoms with Crippen molar-refractivity contribution >= 4 is 11.5 Å². The van der Waals surface area contributed by atoms with Crippen molar-refractivity contribution in [2.75, 3.05) is 17.7 Å². The molecule has 27 heavy (non-hydrogen) atoms. The molecular weight excluding hydrogens is 348 g/mol. The maximum atomic E-state index is 12.4. The van der Waals surface area contributed by atoms with Gasteiger partial charge in [-0.3, -0.25) is 14.3 Å². The van der Waals surface area contributed by atoms with Crippen LogP contribution in [0.5, 0.6) is 0 Å². The summed E-state index contributed by atoms with van der Waals surface area (Å²) in [6.45, 7) is 0.573. The summed E-state index contributed by atoms with van der Waals surface area (Å²) in [7, 11) is 1.73. The minimum absolute atomic E-state index is 0.112. The molecule has 0 radical (unpaired) electrons. The number of rotatable bonds is 6. The quantitative estimate of drug-likeness (QED) is 0.633. The first-order chi connectivity index (χ1) is 13.0. The van der Waals surface area contributed by atoms with Crippen LogP contribution in [0, 0.1) is 0 Å². The zero-order chi connectivity index (χ0) is 19.0. The summed E-state index contributed by atoms with van der Waals surface area (Å²) in [5, 5.41) is 11.8. The third-order valence-electron chi connectivity index (χ3n) is 4.61. The number of aromatic nitrogens is 6. The highest BCUT2D eigenvalue weighted by Gasteiger charge is 2.28. The lowest BCUT2D eigenvalue weighted by atomic mass is 10.2. The second-order valence-electron chi connectivity index (χ2n) is 6.69. The highest BCUT2D eigenvalue weighted by Crippen LogP contribution is 2.34. The van der Waals surface area contributed by atoms with Gasteiger partial charge in [-0.1, -0.05) is 30.3 Å². The van der Waals surface area contributed by atoms with Crippen molar-refractivity contribution in [2.45, 2.75) is 32.0 Å². The normalized spacial score (nSPS) is 13.7. The van der Waals surface area contributed by atoms with E-state index in [1.807, 2.05) is 30.3 Å². The van der Waals surface area contributed by atoms with Crippen molar-refractivity contribution in [3.63, 3.8) is 0 Å². The largest absolute Gasteiger partial charge is 0.383 e. The summed E-state index contributed by atoms with van der Waals surface area (Å²) >= 11 is 0. The fourth-order valence-electron chi connectivity index (χ4n) is 3.08. The van der Waals surface area contributed by atoms with Crippen molar-refractivity contribution < 1.29 is 0 Å². The monoisotopic (exact) mass is 368 g/mol. The molecule has 1 saturated carbocycles. The average molecular weight is 368 g/mol. The number of nitrogens with two attached hydrogens (primary N) is 1. The molecule has 3 aromatic rings. The van der Waals surface area contributed by atoms with Crippen LogP contribution in [0.1, 0.15) is 30.3 Å². The topological polar surface area (TPSA) is 128 Å². The molecule has 0 spiro atoms. The van der Waals surface area contributed by atoms with Gasteiger partial charge in [0.25, 0.3) is 5.56 Å². The maximum Gasteiger partial charge on any atom is 0.330 e. The molecule has 1 aliphatic rings. The Hall–Kier alpha value is -3.43. The van der Waals surface area contributed by atoms with Crippen molar-refractivity contribution in [2.24, 2.45) is 0 Å². The molecule has 1 fully saturated rings. The molecular formula is C17H20N8O2. The molecule has 0 aliphatic heterocycles. The third-order valence-corrected chi connectivity index (χ3v) is 4.61. The van der Waals surface area contributed by atoms with Crippen molar-refractivity contribution in [3.05, 3.63) is 62.6 Å². The summed E-state index contributed by atoms with van der Waals surface area (Å²) in [6, 6.07) is 9.77. The Morgan fingerprint density at radius 2 is 2.00 bits per heavy atom. The third kappa shape index (κ3) is 3.33. The van der Waals surface area contributed by atoms with Crippen molar-refractivity contribution in [1.82, 2.24) is 29.8 Å². The number of benzene rings is 1. The first kappa shape index (κ1) is 17.0. The Kier molecular flexibility index (Phi) is 4.22. The first-order valence-electron chi connectivity index (χ1n) is 8.69. The number of aromatic amines is 1. The molecule has 1 aromatic carbocycles. The molecule has 10 nitrogen and oxygen atoms in total. The van der Waals surface area contributed by atoms with E-state index in [-0.39, 0.29) is 18.1 Å². The molecule has 140 valence electrons. The van der Waals surface area contributed by atoms with E-state index in [1.54, 1.807) is 16.6 Å². The van der Waals surface area contributed by atoms with Crippen LogP contribution in [0.15, 0.2) is 39.9 Å². The highest BCUT2D eigenvalue weighted by atomic mass is 16.2. The summed E-state index contributed by atoms with van der Waals surface area (Å²) in [6.07, 6.45) is 2.10. The van der Waals surface area contributed by atoms with Gasteiger partial charge in [0.1, 0.15) is 11.5 Å². The molecule has 10 heteroatoms. The molecule has 1 aliphatic carbocycles. The molecule has 2 heterocycles. The molecule has 4 rings (SSSR count). The Balaban J connectivity index is 1.67. The van der Waals surface area contributed by atoms with Crippen LogP contribution in [-0.4, -0.2) is 36.8 Å². The van der Waals surface area contributed by atoms with Gasteiger partial charge in [0.05, 0.1) is 19.1 Å². The van der Waals surface area contributed by atoms with E-state index in [9.17, 15) is 9.59 Å². The molecule has 2 aromatic heterocycles. The van der Waals surface area contributed by atoms with Crippen LogP contribution >= 0.6 is 0 Å². The summed E-state index contributed by atoms with van der Waals surface area (Å²) < 4.78 is 3.13. The second-order valence-corrected chi connectivity index (χ2v) is 6.69. The minimum Gasteiger partial charge on any atom is -0.383 e. The Labute approximate surface area is 154 Å². The van der Waals surface area contributed by atoms with Crippen LogP contribution in [0.2, 0.25) is 0 Å². The van der Waals surface area contributed by atoms with E-state index >= 15 is 0 Å². The van der Waals surface area contributed by atoms with Crippen molar-refractivity contribution in [3.8, 4) is 0 Å². The number of H-pyrrole nitrogens is 1. The number of hydrogen-bond acceptors (Lipinski definition) is 7. The lowest BCUT2D eigenvalue weighted by Gasteiger charge is -2.21. The predicted molar refractivity (Wildman–Crippen MR) is 99.5 cm³/mol. The van der Waals surface area contributed by atoms with Gasteiger partial charge in [-0.05, 0) is 28.8 Å². The van der Waals surface area contributed by atoms with Gasteiger partial charge in [-0.2, -0.15) is 0 Å². The van der Waals surface area contributed by atoms with Gasteiger partial charge >= 0.3 is 5.69 Å². The van der Waals surface area contributed by atoms with Crippen LogP contribution in [-0.2, 0) is 13.1 Å². The van der Waals surface area contributed by atoms with Crippen LogP contribution < -0.4 is 21.9 Å². The smallest absolute Gasteiger partial charge is 0.330 e. The number of nitrogens with zero attached hydrogens (tertiary/aromatic N) is 6. The summed E-state index contributed by atoms with van der Waals surface area (Å²) in [5.74, 6) is 0.764. The Bertz CT molecular complexity index is 1060. The number of nitrogens with one attached hydrogen (secondary N) is 1. The summed E-state index contributed by atoms with van der Waals surface area (Å²) in [5.41, 5.74) is 6.27. The van der Waals surface area contributed by atoms with Gasteiger partial charge < -0.3 is 10.6 Å². The van der Waals surface area contributed by atoms with Crippen LogP contribution in [0.4, 0.5) is 11.5 Å². The number of hydrogen-bond donors (Lipinski definition) is 2. The molecule has 0 atom stereocenters. The number of tetrazole rings is 1. The summed E-state index contributed by atoms with van der Waals surface area (Å²) in [4.78, 5) is 28.7. The molecule has 3 N–H and O–H groups in total. The lowest BCUT2D eigenvalue weighted by molar-refractivity contribution is 0.578. The fraction of sp³-hybridized carbons (Fsp3) is 0.353. The second kappa shape index (κ2) is 6.71. The maximum absolute atomic E-state index is 12.4. The van der Waals surface area contributed by atoms with E-state index in [4.69, 9.17) is 5.73 Å². The van der Waals surface area contributed by atoms with Crippen LogP contribution in [0.25, 0.3) is 0 Å². The number of anilines is 2. The SMILES string of the molecule is CN(Cc1nnnn1C1CC1)c1c(N)n(Cc2ccccc2)c(=O)[nH]c1=O. The standard InChI is InChI=1S/C17H20N8O2/c1-23(10-13-20-21-22-25(13)12-7-8-12)14-15(18)24(17(27)19-16(14)26)9-11-5-3-2-4-6-11/h2-6,12H,7-10,18H2,1H3,(H,19,26,27). The number of nitrogen functional groups attached to an aromatic ring is 1. The molecule has 0 bridgehead atoms. The van der Waals surface area contributed by atoms with Crippen LogP contribution in [0.3, 0.4) is 0 Å². The highest BCUT2D eigenvalue weighted by molar-refractivity contribution is 5.62. The van der Waals surface area contributed by atoms with Gasteiger partial charge in [0.2, 0.25) is 0 Å². The first-order valence-corrected chi connectivity index (χ1v) is 8.69. The average Bonchev–Trinajstić information content (AvgIpc) is 3.39. The fourth-order valence-corrected chi connectivity index (χ4v) is 3.08. The Morgan fingerprint density at radius 1 is 1.26 bits per heavy atom. The molecule has 0 saturated heterocycles. The van der Waals surface area contributed by atoms with E-state index < -0.39 is 11.2 Å². The van der Waals surface area contributed by atoms with E-state index in [0.29, 0.717) is 18.4 Å². The lowest BCUT2D eigenvalue weighted by Crippen LogP contribution is -2.37. The van der Waals surface area contributed by atoms with E-state index in [2.05, 4.69) is 20.5 Å². The zero-order valence-electron chi connectivity index (χ0n) is 14.9. The van der Waals surface area contributed by atoms with Gasteiger partial charge in [0, 0.05) is 7.05 Å². The van der Waals surface area contributed by atoms with Gasteiger partial charge in [-0.25, -0.2) is 9.48 Å². The predicted octanol–water partition coefficient (Wildman–Crippen LogP) is 0.125. The molecule has 0 amide bonds. The van der Waals surface area contributed by atoms with Gasteiger partial charge in [0.15, 0.2) is 5.82 Å². The van der Waals surface area contributed by atoms with E-state index in [1.165, 1.54) is 4.57 Å². The van der Waals surface area contributed by atoms with Crippen molar-refractivity contribution in [1.29, 1.82) is 0 Å². The minimum atomic E-state index is -0.540.